The first-order chi connectivity index (χ1) is 13.0. The molecular weight excluding hydrogens is 342 g/mol. The maximum atomic E-state index is 12.6. The van der Waals surface area contributed by atoms with Crippen LogP contribution in [0.5, 0.6) is 0 Å². The van der Waals surface area contributed by atoms with Crippen molar-refractivity contribution in [1.29, 1.82) is 0 Å². The van der Waals surface area contributed by atoms with E-state index in [1.54, 1.807) is 25.2 Å². The number of pyridine rings is 1. The van der Waals surface area contributed by atoms with Gasteiger partial charge in [0.05, 0.1) is 0 Å². The van der Waals surface area contributed by atoms with Crippen LogP contribution in [-0.4, -0.2) is 85.0 Å². The van der Waals surface area contributed by atoms with Crippen LogP contribution in [0.2, 0.25) is 0 Å². The van der Waals surface area contributed by atoms with Crippen molar-refractivity contribution in [2.24, 2.45) is 5.92 Å². The van der Waals surface area contributed by atoms with Gasteiger partial charge in [-0.2, -0.15) is 0 Å². The summed E-state index contributed by atoms with van der Waals surface area (Å²) in [4.78, 5) is 36.9. The molecule has 3 rings (SSSR count). The van der Waals surface area contributed by atoms with E-state index in [1.807, 2.05) is 28.0 Å². The molecule has 2 saturated heterocycles. The van der Waals surface area contributed by atoms with E-state index in [0.717, 1.165) is 64.3 Å². The fourth-order valence-corrected chi connectivity index (χ4v) is 3.97. The average Bonchev–Trinajstić information content (AvgIpc) is 2.72. The molecule has 148 valence electrons. The van der Waals surface area contributed by atoms with Gasteiger partial charge < -0.3 is 19.6 Å². The molecular formula is C20H31N5O2. The second kappa shape index (κ2) is 9.06. The van der Waals surface area contributed by atoms with E-state index in [-0.39, 0.29) is 11.9 Å². The molecule has 0 spiro atoms. The third-order valence-corrected chi connectivity index (χ3v) is 5.54. The van der Waals surface area contributed by atoms with Gasteiger partial charge >= 0.3 is 6.03 Å². The number of nitrogens with zero attached hydrogens (tertiary/aromatic N) is 5. The molecule has 27 heavy (non-hydrogen) atoms. The number of amides is 3. The Bertz CT molecular complexity index is 629. The third kappa shape index (κ3) is 5.11. The molecule has 0 aliphatic carbocycles. The Hall–Kier alpha value is -2.31. The van der Waals surface area contributed by atoms with Gasteiger partial charge in [-0.25, -0.2) is 9.78 Å². The lowest BCUT2D eigenvalue weighted by Crippen LogP contribution is -2.49. The lowest BCUT2D eigenvalue weighted by atomic mass is 9.93. The predicted octanol–water partition coefficient (Wildman–Crippen LogP) is 1.90. The molecule has 0 aromatic carbocycles. The first-order valence-corrected chi connectivity index (χ1v) is 9.94. The minimum Gasteiger partial charge on any atom is -0.353 e. The van der Waals surface area contributed by atoms with Crippen molar-refractivity contribution in [3.05, 3.63) is 24.4 Å². The third-order valence-electron chi connectivity index (χ3n) is 5.54. The molecule has 0 N–H and O–H groups in total. The first kappa shape index (κ1) is 19.5. The Labute approximate surface area is 161 Å². The SMILES string of the molecule is CN(C)C(=O)N1CCC[C@@H](CCC(=O)N2CCN(c3ccccn3)CC2)C1. The number of likely N-dealkylation sites (tertiary alicyclic amines) is 1. The highest BCUT2D eigenvalue weighted by Crippen LogP contribution is 2.22. The minimum absolute atomic E-state index is 0.0802. The van der Waals surface area contributed by atoms with Crippen LogP contribution in [0.1, 0.15) is 25.7 Å². The van der Waals surface area contributed by atoms with Crippen molar-refractivity contribution in [2.75, 3.05) is 58.3 Å². The van der Waals surface area contributed by atoms with Crippen LogP contribution in [0.3, 0.4) is 0 Å². The van der Waals surface area contributed by atoms with Gasteiger partial charge in [-0.1, -0.05) is 6.07 Å². The van der Waals surface area contributed by atoms with Crippen molar-refractivity contribution >= 4 is 17.8 Å². The van der Waals surface area contributed by atoms with Crippen molar-refractivity contribution in [2.45, 2.75) is 25.7 Å². The lowest BCUT2D eigenvalue weighted by Gasteiger charge is -2.36. The van der Waals surface area contributed by atoms with Gasteiger partial charge in [-0.3, -0.25) is 4.79 Å². The summed E-state index contributed by atoms with van der Waals surface area (Å²) in [6.07, 6.45) is 5.40. The summed E-state index contributed by atoms with van der Waals surface area (Å²) in [6, 6.07) is 6.01. The van der Waals surface area contributed by atoms with Crippen LogP contribution in [0, 0.1) is 5.92 Å². The van der Waals surface area contributed by atoms with E-state index >= 15 is 0 Å². The number of hydrogen-bond acceptors (Lipinski definition) is 4. The van der Waals surface area contributed by atoms with Crippen molar-refractivity contribution in [3.8, 4) is 0 Å². The molecule has 0 unspecified atom stereocenters. The second-order valence-corrected chi connectivity index (χ2v) is 7.73. The molecule has 3 amide bonds. The largest absolute Gasteiger partial charge is 0.353 e. The molecule has 0 bridgehead atoms. The van der Waals surface area contributed by atoms with Gasteiger partial charge in [0.25, 0.3) is 0 Å². The zero-order valence-electron chi connectivity index (χ0n) is 16.5. The fourth-order valence-electron chi connectivity index (χ4n) is 3.97. The van der Waals surface area contributed by atoms with Crippen molar-refractivity contribution in [3.63, 3.8) is 0 Å². The summed E-state index contributed by atoms with van der Waals surface area (Å²) < 4.78 is 0. The van der Waals surface area contributed by atoms with Crippen molar-refractivity contribution < 1.29 is 9.59 Å². The number of rotatable bonds is 4. The standard InChI is InChI=1S/C20H31N5O2/c1-22(2)20(27)25-11-5-6-17(16-25)8-9-19(26)24-14-12-23(13-15-24)18-7-3-4-10-21-18/h3-4,7,10,17H,5-6,8-9,11-16H2,1-2H3/t17-/m0/s1. The molecule has 2 aliphatic heterocycles. The second-order valence-electron chi connectivity index (χ2n) is 7.73. The molecule has 7 nitrogen and oxygen atoms in total. The topological polar surface area (TPSA) is 60.0 Å². The summed E-state index contributed by atoms with van der Waals surface area (Å²) >= 11 is 0. The molecule has 1 aromatic heterocycles. The smallest absolute Gasteiger partial charge is 0.319 e. The number of anilines is 1. The van der Waals surface area contributed by atoms with Crippen LogP contribution in [-0.2, 0) is 4.79 Å². The highest BCUT2D eigenvalue weighted by Gasteiger charge is 2.26. The Balaban J connectivity index is 1.41. The molecule has 3 heterocycles. The number of piperidine rings is 1. The van der Waals surface area contributed by atoms with E-state index in [4.69, 9.17) is 0 Å². The average molecular weight is 374 g/mol. The maximum absolute atomic E-state index is 12.6. The maximum Gasteiger partial charge on any atom is 0.319 e. The van der Waals surface area contributed by atoms with Crippen LogP contribution in [0.15, 0.2) is 24.4 Å². The molecule has 0 radical (unpaired) electrons. The molecule has 7 heteroatoms. The number of carbonyl (C=O) groups is 2. The molecule has 1 atom stereocenters. The summed E-state index contributed by atoms with van der Waals surface area (Å²) in [6.45, 7) is 4.78. The molecule has 2 aliphatic rings. The molecule has 0 saturated carbocycles. The highest BCUT2D eigenvalue weighted by atomic mass is 16.2. The number of urea groups is 1. The predicted molar refractivity (Wildman–Crippen MR) is 106 cm³/mol. The summed E-state index contributed by atoms with van der Waals surface area (Å²) in [5.41, 5.74) is 0. The Morgan fingerprint density at radius 1 is 1.11 bits per heavy atom. The summed E-state index contributed by atoms with van der Waals surface area (Å²) in [5, 5.41) is 0. The van der Waals surface area contributed by atoms with E-state index < -0.39 is 0 Å². The van der Waals surface area contributed by atoms with E-state index in [1.165, 1.54) is 0 Å². The van der Waals surface area contributed by atoms with Gasteiger partial charge in [-0.05, 0) is 37.3 Å². The number of hydrogen-bond donors (Lipinski definition) is 0. The van der Waals surface area contributed by atoms with Crippen LogP contribution in [0.4, 0.5) is 10.6 Å². The Morgan fingerprint density at radius 3 is 2.56 bits per heavy atom. The van der Waals surface area contributed by atoms with Gasteiger partial charge in [-0.15, -0.1) is 0 Å². The fraction of sp³-hybridized carbons (Fsp3) is 0.650. The monoisotopic (exact) mass is 373 g/mol. The molecule has 1 aromatic rings. The van der Waals surface area contributed by atoms with E-state index in [9.17, 15) is 9.59 Å². The Morgan fingerprint density at radius 2 is 1.89 bits per heavy atom. The quantitative estimate of drug-likeness (QED) is 0.809. The van der Waals surface area contributed by atoms with Gasteiger partial charge in [0.15, 0.2) is 0 Å². The lowest BCUT2D eigenvalue weighted by molar-refractivity contribution is -0.131. The Kier molecular flexibility index (Phi) is 6.53. The van der Waals surface area contributed by atoms with Crippen molar-refractivity contribution in [1.82, 2.24) is 19.7 Å². The van der Waals surface area contributed by atoms with E-state index in [2.05, 4.69) is 9.88 Å². The van der Waals surface area contributed by atoms with Gasteiger partial charge in [0.2, 0.25) is 5.91 Å². The first-order valence-electron chi connectivity index (χ1n) is 9.94. The van der Waals surface area contributed by atoms with Crippen LogP contribution >= 0.6 is 0 Å². The van der Waals surface area contributed by atoms with Crippen LogP contribution in [0.25, 0.3) is 0 Å². The number of carbonyl (C=O) groups excluding carboxylic acids is 2. The summed E-state index contributed by atoms with van der Waals surface area (Å²) in [5.74, 6) is 1.66. The van der Waals surface area contributed by atoms with Gasteiger partial charge in [0, 0.05) is 66.0 Å². The number of piperazine rings is 1. The van der Waals surface area contributed by atoms with Gasteiger partial charge in [0.1, 0.15) is 5.82 Å². The molecule has 2 fully saturated rings. The zero-order chi connectivity index (χ0) is 19.2. The normalized spacial score (nSPS) is 20.5. The minimum atomic E-state index is 0.0802. The zero-order valence-corrected chi connectivity index (χ0v) is 16.5. The van der Waals surface area contributed by atoms with E-state index in [0.29, 0.717) is 12.3 Å². The number of aromatic nitrogens is 1. The van der Waals surface area contributed by atoms with Crippen LogP contribution < -0.4 is 4.90 Å². The highest BCUT2D eigenvalue weighted by molar-refractivity contribution is 5.76. The summed E-state index contributed by atoms with van der Waals surface area (Å²) in [7, 11) is 3.58.